The Kier molecular flexibility index (Phi) is 7.77. The van der Waals surface area contributed by atoms with Crippen LogP contribution in [0, 0.1) is 5.82 Å². The minimum Gasteiger partial charge on any atom is -0.494 e. The summed E-state index contributed by atoms with van der Waals surface area (Å²) in [5, 5.41) is 15.4. The number of hydrogen-bond donors (Lipinski definition) is 2. The van der Waals surface area contributed by atoms with Crippen LogP contribution >= 0.6 is 11.8 Å². The van der Waals surface area contributed by atoms with E-state index in [1.807, 2.05) is 54.0 Å². The zero-order valence-corrected chi connectivity index (χ0v) is 19.4. The molecular weight excluding hydrogens is 453 g/mol. The molecule has 0 radical (unpaired) electrons. The fraction of sp³-hybridized carbons (Fsp3) is 0.160. The topological polar surface area (TPSA) is 81.1 Å². The molecule has 0 aliphatic carbocycles. The third-order valence-electron chi connectivity index (χ3n) is 4.79. The van der Waals surface area contributed by atoms with E-state index in [2.05, 4.69) is 20.8 Å². The van der Waals surface area contributed by atoms with Crippen LogP contribution in [0.15, 0.2) is 84.0 Å². The highest BCUT2D eigenvalue weighted by Gasteiger charge is 2.16. The summed E-state index contributed by atoms with van der Waals surface area (Å²) >= 11 is 1.30. The molecule has 0 saturated carbocycles. The second kappa shape index (κ2) is 11.3. The number of halogens is 1. The van der Waals surface area contributed by atoms with Gasteiger partial charge in [-0.3, -0.25) is 9.36 Å². The number of para-hydroxylation sites is 1. The lowest BCUT2D eigenvalue weighted by Gasteiger charge is -2.11. The number of hydrogen-bond acceptors (Lipinski definition) is 6. The third kappa shape index (κ3) is 6.14. The van der Waals surface area contributed by atoms with Crippen molar-refractivity contribution in [2.45, 2.75) is 18.6 Å². The van der Waals surface area contributed by atoms with E-state index in [0.717, 1.165) is 17.1 Å². The van der Waals surface area contributed by atoms with Crippen molar-refractivity contribution in [2.75, 3.05) is 23.0 Å². The fourth-order valence-corrected chi connectivity index (χ4v) is 3.99. The van der Waals surface area contributed by atoms with Crippen LogP contribution in [-0.4, -0.2) is 33.0 Å². The molecule has 4 rings (SSSR count). The van der Waals surface area contributed by atoms with E-state index in [0.29, 0.717) is 29.8 Å². The van der Waals surface area contributed by atoms with Crippen LogP contribution in [0.3, 0.4) is 0 Å². The summed E-state index contributed by atoms with van der Waals surface area (Å²) in [6.07, 6.45) is 0. The van der Waals surface area contributed by atoms with E-state index in [4.69, 9.17) is 4.74 Å². The highest BCUT2D eigenvalue weighted by molar-refractivity contribution is 7.99. The number of carbonyl (C=O) groups is 1. The summed E-state index contributed by atoms with van der Waals surface area (Å²) in [5.41, 5.74) is 2.36. The molecule has 0 bridgehead atoms. The predicted molar refractivity (Wildman–Crippen MR) is 132 cm³/mol. The number of carbonyl (C=O) groups excluding carboxylic acids is 1. The molecule has 0 atom stereocenters. The van der Waals surface area contributed by atoms with Gasteiger partial charge < -0.3 is 15.4 Å². The van der Waals surface area contributed by atoms with Crippen molar-refractivity contribution in [3.63, 3.8) is 0 Å². The molecule has 1 aromatic heterocycles. The Morgan fingerprint density at radius 3 is 2.38 bits per heavy atom. The zero-order valence-electron chi connectivity index (χ0n) is 18.6. The van der Waals surface area contributed by atoms with Crippen molar-refractivity contribution >= 4 is 29.0 Å². The number of amides is 1. The van der Waals surface area contributed by atoms with Crippen LogP contribution in [-0.2, 0) is 11.3 Å². The number of nitrogens with one attached hydrogen (secondary N) is 2. The van der Waals surface area contributed by atoms with Gasteiger partial charge in [0.25, 0.3) is 0 Å². The average Bonchev–Trinajstić information content (AvgIpc) is 3.27. The molecule has 0 aliphatic heterocycles. The summed E-state index contributed by atoms with van der Waals surface area (Å²) in [4.78, 5) is 12.5. The third-order valence-corrected chi connectivity index (χ3v) is 5.72. The lowest BCUT2D eigenvalue weighted by atomic mass is 10.3. The molecule has 2 N–H and O–H groups in total. The van der Waals surface area contributed by atoms with Crippen molar-refractivity contribution < 1.29 is 13.9 Å². The van der Waals surface area contributed by atoms with Crippen molar-refractivity contribution in [1.82, 2.24) is 14.8 Å². The van der Waals surface area contributed by atoms with Gasteiger partial charge in [0.05, 0.1) is 18.9 Å². The summed E-state index contributed by atoms with van der Waals surface area (Å²) in [7, 11) is 0. The van der Waals surface area contributed by atoms with E-state index < -0.39 is 0 Å². The van der Waals surface area contributed by atoms with Gasteiger partial charge in [0.1, 0.15) is 11.6 Å². The lowest BCUT2D eigenvalue weighted by molar-refractivity contribution is -0.113. The van der Waals surface area contributed by atoms with Crippen molar-refractivity contribution in [1.29, 1.82) is 0 Å². The van der Waals surface area contributed by atoms with E-state index in [1.54, 1.807) is 24.3 Å². The number of nitrogens with zero attached hydrogens (tertiary/aromatic N) is 3. The SMILES string of the molecule is CCOc1ccc(NC(=O)CSc2nnc(CNc3ccc(F)cc3)n2-c2ccccc2)cc1. The predicted octanol–water partition coefficient (Wildman–Crippen LogP) is 5.15. The summed E-state index contributed by atoms with van der Waals surface area (Å²) < 4.78 is 20.5. The van der Waals surface area contributed by atoms with Crippen molar-refractivity contribution in [3.05, 3.63) is 90.5 Å². The van der Waals surface area contributed by atoms with E-state index >= 15 is 0 Å². The second-order valence-electron chi connectivity index (χ2n) is 7.22. The Bertz CT molecular complexity index is 1210. The first-order valence-electron chi connectivity index (χ1n) is 10.8. The number of aromatic nitrogens is 3. The van der Waals surface area contributed by atoms with Gasteiger partial charge in [-0.25, -0.2) is 4.39 Å². The molecule has 34 heavy (non-hydrogen) atoms. The quantitative estimate of drug-likeness (QED) is 0.308. The largest absolute Gasteiger partial charge is 0.494 e. The number of anilines is 2. The smallest absolute Gasteiger partial charge is 0.234 e. The van der Waals surface area contributed by atoms with Crippen LogP contribution in [0.2, 0.25) is 0 Å². The number of thioether (sulfide) groups is 1. The maximum atomic E-state index is 13.2. The molecule has 1 amide bonds. The first-order chi connectivity index (χ1) is 16.6. The van der Waals surface area contributed by atoms with E-state index in [1.165, 1.54) is 23.9 Å². The van der Waals surface area contributed by atoms with Gasteiger partial charge in [-0.2, -0.15) is 0 Å². The van der Waals surface area contributed by atoms with Gasteiger partial charge in [0.15, 0.2) is 11.0 Å². The molecule has 9 heteroatoms. The highest BCUT2D eigenvalue weighted by Crippen LogP contribution is 2.23. The lowest BCUT2D eigenvalue weighted by Crippen LogP contribution is -2.15. The zero-order chi connectivity index (χ0) is 23.8. The Balaban J connectivity index is 1.44. The first-order valence-corrected chi connectivity index (χ1v) is 11.8. The molecule has 0 spiro atoms. The van der Waals surface area contributed by atoms with Crippen molar-refractivity contribution in [3.8, 4) is 11.4 Å². The van der Waals surface area contributed by atoms with E-state index in [-0.39, 0.29) is 17.5 Å². The number of rotatable bonds is 10. The maximum absolute atomic E-state index is 13.2. The van der Waals surface area contributed by atoms with Gasteiger partial charge in [0, 0.05) is 17.1 Å². The van der Waals surface area contributed by atoms with Crippen LogP contribution in [0.25, 0.3) is 5.69 Å². The Morgan fingerprint density at radius 1 is 0.971 bits per heavy atom. The molecule has 0 saturated heterocycles. The average molecular weight is 478 g/mol. The minimum atomic E-state index is -0.291. The van der Waals surface area contributed by atoms with Gasteiger partial charge in [-0.1, -0.05) is 30.0 Å². The monoisotopic (exact) mass is 477 g/mol. The second-order valence-corrected chi connectivity index (χ2v) is 8.17. The fourth-order valence-electron chi connectivity index (χ4n) is 3.22. The standard InChI is InChI=1S/C25H24FN5O2S/c1-2-33-22-14-12-20(13-15-22)28-24(32)17-34-25-30-29-23(31(25)21-6-4-3-5-7-21)16-27-19-10-8-18(26)9-11-19/h3-15,27H,2,16-17H2,1H3,(H,28,32). The number of benzene rings is 3. The Morgan fingerprint density at radius 2 is 1.68 bits per heavy atom. The summed E-state index contributed by atoms with van der Waals surface area (Å²) in [6, 6.07) is 23.1. The summed E-state index contributed by atoms with van der Waals surface area (Å²) in [5.74, 6) is 1.16. The van der Waals surface area contributed by atoms with Crippen LogP contribution in [0.5, 0.6) is 5.75 Å². The first kappa shape index (κ1) is 23.3. The molecule has 7 nitrogen and oxygen atoms in total. The molecular formula is C25H24FN5O2S. The van der Waals surface area contributed by atoms with Gasteiger partial charge in [0.2, 0.25) is 5.91 Å². The Labute approximate surface area is 201 Å². The van der Waals surface area contributed by atoms with Gasteiger partial charge in [-0.05, 0) is 67.6 Å². The molecule has 174 valence electrons. The van der Waals surface area contributed by atoms with E-state index in [9.17, 15) is 9.18 Å². The highest BCUT2D eigenvalue weighted by atomic mass is 32.2. The molecule has 4 aromatic rings. The molecule has 0 aliphatic rings. The molecule has 0 fully saturated rings. The maximum Gasteiger partial charge on any atom is 0.234 e. The van der Waals surface area contributed by atoms with Crippen LogP contribution < -0.4 is 15.4 Å². The summed E-state index contributed by atoms with van der Waals surface area (Å²) in [6.45, 7) is 2.89. The molecule has 1 heterocycles. The number of ether oxygens (including phenoxy) is 1. The van der Waals surface area contributed by atoms with Crippen LogP contribution in [0.1, 0.15) is 12.7 Å². The molecule has 0 unspecified atom stereocenters. The van der Waals surface area contributed by atoms with Gasteiger partial charge in [-0.15, -0.1) is 10.2 Å². The molecule has 3 aromatic carbocycles. The Hall–Kier alpha value is -3.85. The van der Waals surface area contributed by atoms with Gasteiger partial charge >= 0.3 is 0 Å². The normalized spacial score (nSPS) is 10.6. The van der Waals surface area contributed by atoms with Crippen molar-refractivity contribution in [2.24, 2.45) is 0 Å². The minimum absolute atomic E-state index is 0.150. The van der Waals surface area contributed by atoms with Crippen LogP contribution in [0.4, 0.5) is 15.8 Å².